The number of nitrogen functional groups attached to an aromatic ring is 1. The van der Waals surface area contributed by atoms with Crippen molar-refractivity contribution in [3.63, 3.8) is 0 Å². The summed E-state index contributed by atoms with van der Waals surface area (Å²) in [4.78, 5) is 25.9. The zero-order chi connectivity index (χ0) is 14.4. The predicted molar refractivity (Wildman–Crippen MR) is 73.1 cm³/mol. The Kier molecular flexibility index (Phi) is 2.60. The van der Waals surface area contributed by atoms with Crippen molar-refractivity contribution < 1.29 is 9.59 Å². The molecule has 0 saturated heterocycles. The highest BCUT2D eigenvalue weighted by Crippen LogP contribution is 2.29. The van der Waals surface area contributed by atoms with Gasteiger partial charge in [0.05, 0.1) is 23.4 Å². The molecule has 0 spiro atoms. The Morgan fingerprint density at radius 1 is 1.25 bits per heavy atom. The molecule has 0 bridgehead atoms. The van der Waals surface area contributed by atoms with Crippen LogP contribution in [0.1, 0.15) is 37.7 Å². The van der Waals surface area contributed by atoms with E-state index in [4.69, 9.17) is 5.73 Å². The third kappa shape index (κ3) is 1.61. The normalized spacial score (nSPS) is 14.0. The van der Waals surface area contributed by atoms with Crippen molar-refractivity contribution in [2.45, 2.75) is 20.4 Å². The average Bonchev–Trinajstić information content (AvgIpc) is 2.85. The smallest absolute Gasteiger partial charge is 0.263 e. The number of amides is 2. The van der Waals surface area contributed by atoms with E-state index >= 15 is 0 Å². The van der Waals surface area contributed by atoms with Gasteiger partial charge in [0, 0.05) is 16.9 Å². The lowest BCUT2D eigenvalue weighted by Gasteiger charge is -2.13. The first kappa shape index (κ1) is 12.4. The number of carbonyl (C=O) groups is 2. The van der Waals surface area contributed by atoms with Crippen LogP contribution in [0.3, 0.4) is 0 Å². The standard InChI is InChI=1S/C14H14N4O2/c1-7-10(8(2)17-16-7)6-18-13(19)9-4-3-5-11(15)12(9)14(18)20/h3-5H,6,15H2,1-2H3,(H,16,17). The van der Waals surface area contributed by atoms with Crippen molar-refractivity contribution in [1.82, 2.24) is 15.1 Å². The first-order valence-electron chi connectivity index (χ1n) is 6.26. The third-order valence-electron chi connectivity index (χ3n) is 3.63. The number of carbonyl (C=O) groups excluding carboxylic acids is 2. The molecule has 0 unspecified atom stereocenters. The summed E-state index contributed by atoms with van der Waals surface area (Å²) in [5.41, 5.74) is 9.31. The minimum atomic E-state index is -0.344. The fourth-order valence-corrected chi connectivity index (χ4v) is 2.47. The van der Waals surface area contributed by atoms with Gasteiger partial charge in [-0.2, -0.15) is 5.10 Å². The van der Waals surface area contributed by atoms with Gasteiger partial charge < -0.3 is 5.73 Å². The first-order valence-corrected chi connectivity index (χ1v) is 6.26. The van der Waals surface area contributed by atoms with Crippen LogP contribution in [0.4, 0.5) is 5.69 Å². The molecule has 2 amide bonds. The Morgan fingerprint density at radius 2 is 2.00 bits per heavy atom. The van der Waals surface area contributed by atoms with E-state index in [1.807, 2.05) is 13.8 Å². The van der Waals surface area contributed by atoms with Crippen LogP contribution >= 0.6 is 0 Å². The summed E-state index contributed by atoms with van der Waals surface area (Å²) in [6.45, 7) is 3.91. The maximum Gasteiger partial charge on any atom is 0.263 e. The number of benzene rings is 1. The maximum atomic E-state index is 12.4. The SMILES string of the molecule is Cc1n[nH]c(C)c1CN1C(=O)c2cccc(N)c2C1=O. The zero-order valence-corrected chi connectivity index (χ0v) is 11.2. The van der Waals surface area contributed by atoms with E-state index in [2.05, 4.69) is 10.2 Å². The molecule has 1 aliphatic rings. The Balaban J connectivity index is 2.01. The van der Waals surface area contributed by atoms with E-state index in [1.165, 1.54) is 4.90 Å². The van der Waals surface area contributed by atoms with Crippen LogP contribution in [0.2, 0.25) is 0 Å². The van der Waals surface area contributed by atoms with E-state index < -0.39 is 0 Å². The number of nitrogens with zero attached hydrogens (tertiary/aromatic N) is 2. The molecule has 20 heavy (non-hydrogen) atoms. The lowest BCUT2D eigenvalue weighted by Crippen LogP contribution is -2.29. The molecular formula is C14H14N4O2. The fraction of sp³-hybridized carbons (Fsp3) is 0.214. The minimum absolute atomic E-state index is 0.208. The second kappa shape index (κ2) is 4.19. The Hall–Kier alpha value is -2.63. The fourth-order valence-electron chi connectivity index (χ4n) is 2.47. The summed E-state index contributed by atoms with van der Waals surface area (Å²) < 4.78 is 0. The highest BCUT2D eigenvalue weighted by atomic mass is 16.2. The number of aromatic amines is 1. The van der Waals surface area contributed by atoms with Crippen molar-refractivity contribution >= 4 is 17.5 Å². The molecule has 2 heterocycles. The Bertz CT molecular complexity index is 713. The summed E-state index contributed by atoms with van der Waals surface area (Å²) in [7, 11) is 0. The van der Waals surface area contributed by atoms with Crippen LogP contribution in [0.25, 0.3) is 0 Å². The molecule has 2 aromatic rings. The highest BCUT2D eigenvalue weighted by molar-refractivity contribution is 6.23. The van der Waals surface area contributed by atoms with Gasteiger partial charge in [0.2, 0.25) is 0 Å². The second-order valence-corrected chi connectivity index (χ2v) is 4.88. The molecule has 1 aromatic carbocycles. The third-order valence-corrected chi connectivity index (χ3v) is 3.63. The van der Waals surface area contributed by atoms with Crippen molar-refractivity contribution in [2.24, 2.45) is 0 Å². The minimum Gasteiger partial charge on any atom is -0.398 e. The molecule has 102 valence electrons. The molecular weight excluding hydrogens is 256 g/mol. The number of nitrogens with two attached hydrogens (primary N) is 1. The average molecular weight is 270 g/mol. The number of nitrogens with one attached hydrogen (secondary N) is 1. The van der Waals surface area contributed by atoms with Crippen LogP contribution in [0.5, 0.6) is 0 Å². The summed E-state index contributed by atoms with van der Waals surface area (Å²) in [6.07, 6.45) is 0. The molecule has 0 fully saturated rings. The van der Waals surface area contributed by atoms with E-state index in [0.717, 1.165) is 17.0 Å². The van der Waals surface area contributed by atoms with E-state index in [9.17, 15) is 9.59 Å². The molecule has 6 nitrogen and oxygen atoms in total. The summed E-state index contributed by atoms with van der Waals surface area (Å²) in [5.74, 6) is -0.652. The Morgan fingerprint density at radius 3 is 2.60 bits per heavy atom. The number of aromatic nitrogens is 2. The second-order valence-electron chi connectivity index (χ2n) is 4.88. The van der Waals surface area contributed by atoms with E-state index in [-0.39, 0.29) is 18.4 Å². The van der Waals surface area contributed by atoms with Crippen LogP contribution in [-0.2, 0) is 6.54 Å². The van der Waals surface area contributed by atoms with Gasteiger partial charge in [-0.3, -0.25) is 19.6 Å². The van der Waals surface area contributed by atoms with Gasteiger partial charge in [-0.15, -0.1) is 0 Å². The molecule has 3 rings (SSSR count). The number of anilines is 1. The zero-order valence-electron chi connectivity index (χ0n) is 11.2. The molecule has 1 aromatic heterocycles. The first-order chi connectivity index (χ1) is 9.50. The predicted octanol–water partition coefficient (Wildman–Crippen LogP) is 1.40. The number of fused-ring (bicyclic) bond motifs is 1. The number of hydrogen-bond donors (Lipinski definition) is 2. The maximum absolute atomic E-state index is 12.4. The summed E-state index contributed by atoms with van der Waals surface area (Å²) in [5, 5.41) is 6.93. The molecule has 6 heteroatoms. The van der Waals surface area contributed by atoms with Crippen molar-refractivity contribution in [1.29, 1.82) is 0 Å². The van der Waals surface area contributed by atoms with Crippen LogP contribution in [0.15, 0.2) is 18.2 Å². The van der Waals surface area contributed by atoms with Crippen LogP contribution in [0, 0.1) is 13.8 Å². The largest absolute Gasteiger partial charge is 0.398 e. The molecule has 0 atom stereocenters. The van der Waals surface area contributed by atoms with Crippen LogP contribution < -0.4 is 5.73 Å². The van der Waals surface area contributed by atoms with Gasteiger partial charge in [0.15, 0.2) is 0 Å². The van der Waals surface area contributed by atoms with Gasteiger partial charge >= 0.3 is 0 Å². The van der Waals surface area contributed by atoms with Gasteiger partial charge in [-0.1, -0.05) is 6.07 Å². The van der Waals surface area contributed by atoms with Crippen molar-refractivity contribution in [3.8, 4) is 0 Å². The van der Waals surface area contributed by atoms with Gasteiger partial charge in [-0.05, 0) is 26.0 Å². The van der Waals surface area contributed by atoms with Gasteiger partial charge in [0.25, 0.3) is 11.8 Å². The lowest BCUT2D eigenvalue weighted by molar-refractivity contribution is 0.0642. The number of imide groups is 1. The topological polar surface area (TPSA) is 92.1 Å². The number of hydrogen-bond acceptors (Lipinski definition) is 4. The van der Waals surface area contributed by atoms with Crippen LogP contribution in [-0.4, -0.2) is 26.9 Å². The van der Waals surface area contributed by atoms with Crippen molar-refractivity contribution in [3.05, 3.63) is 46.3 Å². The van der Waals surface area contributed by atoms with E-state index in [0.29, 0.717) is 16.8 Å². The molecule has 0 saturated carbocycles. The summed E-state index contributed by atoms with van der Waals surface area (Å²) >= 11 is 0. The Labute approximate surface area is 115 Å². The molecule has 1 aliphatic heterocycles. The monoisotopic (exact) mass is 270 g/mol. The lowest BCUT2D eigenvalue weighted by atomic mass is 10.1. The summed E-state index contributed by atoms with van der Waals surface area (Å²) in [6, 6.07) is 4.93. The highest BCUT2D eigenvalue weighted by Gasteiger charge is 2.37. The quantitative estimate of drug-likeness (QED) is 0.637. The molecule has 0 aliphatic carbocycles. The number of aryl methyl sites for hydroxylation is 2. The van der Waals surface area contributed by atoms with E-state index in [1.54, 1.807) is 18.2 Å². The molecule has 0 radical (unpaired) electrons. The van der Waals surface area contributed by atoms with Crippen molar-refractivity contribution in [2.75, 3.05) is 5.73 Å². The van der Waals surface area contributed by atoms with Gasteiger partial charge in [0.1, 0.15) is 0 Å². The van der Waals surface area contributed by atoms with Gasteiger partial charge in [-0.25, -0.2) is 0 Å². The number of H-pyrrole nitrogens is 1. The number of rotatable bonds is 2. The molecule has 3 N–H and O–H groups in total.